The fraction of sp³-hybridized carbons (Fsp3) is 0.350. The van der Waals surface area contributed by atoms with Crippen LogP contribution in [0.3, 0.4) is 0 Å². The SMILES string of the molecule is CC(C)OCCCNC(=O)[C@@H](C(=O)c1ccccc1)n1ccccc1=O. The lowest BCUT2D eigenvalue weighted by atomic mass is 10.0. The first-order chi connectivity index (χ1) is 12.5. The second-order valence-electron chi connectivity index (χ2n) is 6.14. The Hall–Kier alpha value is -2.73. The van der Waals surface area contributed by atoms with Crippen molar-refractivity contribution in [1.82, 2.24) is 9.88 Å². The van der Waals surface area contributed by atoms with Gasteiger partial charge >= 0.3 is 0 Å². The molecule has 1 aromatic carbocycles. The number of hydrogen-bond donors (Lipinski definition) is 1. The normalized spacial score (nSPS) is 12.0. The fourth-order valence-corrected chi connectivity index (χ4v) is 2.48. The van der Waals surface area contributed by atoms with E-state index in [1.165, 1.54) is 12.3 Å². The number of rotatable bonds is 9. The first-order valence-electron chi connectivity index (χ1n) is 8.66. The number of nitrogens with zero attached hydrogens (tertiary/aromatic N) is 1. The number of hydrogen-bond acceptors (Lipinski definition) is 4. The Kier molecular flexibility index (Phi) is 7.29. The number of carbonyl (C=O) groups is 2. The maximum absolute atomic E-state index is 12.9. The minimum absolute atomic E-state index is 0.126. The smallest absolute Gasteiger partial charge is 0.251 e. The molecule has 1 amide bonds. The second-order valence-corrected chi connectivity index (χ2v) is 6.14. The van der Waals surface area contributed by atoms with Gasteiger partial charge in [-0.15, -0.1) is 0 Å². The van der Waals surface area contributed by atoms with Gasteiger partial charge < -0.3 is 10.1 Å². The zero-order valence-electron chi connectivity index (χ0n) is 15.1. The number of Topliss-reactive ketones (excluding diaryl/α,β-unsaturated/α-hetero) is 1. The third-order valence-electron chi connectivity index (χ3n) is 3.76. The largest absolute Gasteiger partial charge is 0.379 e. The third kappa shape index (κ3) is 5.39. The van der Waals surface area contributed by atoms with Crippen LogP contribution < -0.4 is 10.9 Å². The summed E-state index contributed by atoms with van der Waals surface area (Å²) in [5, 5.41) is 2.73. The highest BCUT2D eigenvalue weighted by Gasteiger charge is 2.29. The van der Waals surface area contributed by atoms with Gasteiger partial charge in [-0.25, -0.2) is 0 Å². The van der Waals surface area contributed by atoms with Crippen LogP contribution in [-0.4, -0.2) is 35.5 Å². The van der Waals surface area contributed by atoms with Gasteiger partial charge in [-0.05, 0) is 26.3 Å². The molecule has 6 heteroatoms. The Balaban J connectivity index is 2.16. The fourth-order valence-electron chi connectivity index (χ4n) is 2.48. The van der Waals surface area contributed by atoms with Crippen LogP contribution in [0.25, 0.3) is 0 Å². The number of aromatic nitrogens is 1. The molecule has 1 N–H and O–H groups in total. The maximum atomic E-state index is 12.9. The Bertz CT molecular complexity index is 784. The zero-order chi connectivity index (χ0) is 18.9. The molecule has 1 atom stereocenters. The van der Waals surface area contributed by atoms with Gasteiger partial charge in [0, 0.05) is 31.0 Å². The molecule has 0 saturated heterocycles. The van der Waals surface area contributed by atoms with Crippen molar-refractivity contribution in [1.29, 1.82) is 0 Å². The molecule has 1 aromatic heterocycles. The first kappa shape index (κ1) is 19.6. The number of ether oxygens (including phenoxy) is 1. The van der Waals surface area contributed by atoms with Gasteiger partial charge in [0.15, 0.2) is 11.8 Å². The van der Waals surface area contributed by atoms with E-state index in [0.29, 0.717) is 25.1 Å². The predicted octanol–water partition coefficient (Wildman–Crippen LogP) is 2.20. The third-order valence-corrected chi connectivity index (χ3v) is 3.76. The Morgan fingerprint density at radius 1 is 1.08 bits per heavy atom. The molecule has 0 aliphatic heterocycles. The summed E-state index contributed by atoms with van der Waals surface area (Å²) in [6, 6.07) is 11.8. The lowest BCUT2D eigenvalue weighted by Gasteiger charge is -2.18. The Morgan fingerprint density at radius 3 is 2.42 bits per heavy atom. The quantitative estimate of drug-likeness (QED) is 0.424. The highest BCUT2D eigenvalue weighted by molar-refractivity contribution is 6.11. The van der Waals surface area contributed by atoms with Gasteiger partial charge in [0.1, 0.15) is 0 Å². The van der Waals surface area contributed by atoms with E-state index in [1.54, 1.807) is 42.5 Å². The van der Waals surface area contributed by atoms with E-state index >= 15 is 0 Å². The van der Waals surface area contributed by atoms with E-state index in [2.05, 4.69) is 5.32 Å². The standard InChI is InChI=1S/C20H24N2O4/c1-15(2)26-14-8-12-21-20(25)18(22-13-7-6-11-17(22)23)19(24)16-9-4-3-5-10-16/h3-7,9-11,13,15,18H,8,12,14H2,1-2H3,(H,21,25)/t18-/m1/s1. The number of pyridine rings is 1. The molecule has 0 spiro atoms. The number of benzene rings is 1. The van der Waals surface area contributed by atoms with Crippen LogP contribution in [0.5, 0.6) is 0 Å². The molecule has 2 rings (SSSR count). The number of nitrogens with one attached hydrogen (secondary N) is 1. The van der Waals surface area contributed by atoms with E-state index in [-0.39, 0.29) is 6.10 Å². The average Bonchev–Trinajstić information content (AvgIpc) is 2.63. The van der Waals surface area contributed by atoms with Crippen molar-refractivity contribution < 1.29 is 14.3 Å². The van der Waals surface area contributed by atoms with Crippen LogP contribution in [0, 0.1) is 0 Å². The van der Waals surface area contributed by atoms with Crippen molar-refractivity contribution in [2.45, 2.75) is 32.4 Å². The molecule has 138 valence electrons. The van der Waals surface area contributed by atoms with Crippen LogP contribution >= 0.6 is 0 Å². The lowest BCUT2D eigenvalue weighted by molar-refractivity contribution is -0.123. The van der Waals surface area contributed by atoms with E-state index < -0.39 is 23.3 Å². The van der Waals surface area contributed by atoms with Gasteiger partial charge in [-0.3, -0.25) is 19.0 Å². The van der Waals surface area contributed by atoms with Crippen molar-refractivity contribution in [3.8, 4) is 0 Å². The Labute approximate surface area is 152 Å². The summed E-state index contributed by atoms with van der Waals surface area (Å²) in [6.07, 6.45) is 2.20. The van der Waals surface area contributed by atoms with Crippen LogP contribution in [0.2, 0.25) is 0 Å². The molecular formula is C20H24N2O4. The maximum Gasteiger partial charge on any atom is 0.251 e. The van der Waals surface area contributed by atoms with E-state index in [1.807, 2.05) is 13.8 Å². The summed E-state index contributed by atoms with van der Waals surface area (Å²) in [7, 11) is 0. The molecule has 0 saturated carbocycles. The summed E-state index contributed by atoms with van der Waals surface area (Å²) in [5.41, 5.74) is -0.0217. The number of carbonyl (C=O) groups excluding carboxylic acids is 2. The average molecular weight is 356 g/mol. The van der Waals surface area contributed by atoms with Gasteiger partial charge in [-0.2, -0.15) is 0 Å². The van der Waals surface area contributed by atoms with Gasteiger partial charge in [0.05, 0.1) is 6.10 Å². The summed E-state index contributed by atoms with van der Waals surface area (Å²) in [5.74, 6) is -0.925. The lowest BCUT2D eigenvalue weighted by Crippen LogP contribution is -2.41. The monoisotopic (exact) mass is 356 g/mol. The molecule has 26 heavy (non-hydrogen) atoms. The molecule has 2 aromatic rings. The van der Waals surface area contributed by atoms with E-state index in [9.17, 15) is 14.4 Å². The van der Waals surface area contributed by atoms with Crippen molar-refractivity contribution in [2.24, 2.45) is 0 Å². The molecule has 1 heterocycles. The van der Waals surface area contributed by atoms with Crippen molar-refractivity contribution in [3.63, 3.8) is 0 Å². The topological polar surface area (TPSA) is 77.4 Å². The van der Waals surface area contributed by atoms with Crippen molar-refractivity contribution in [3.05, 3.63) is 70.6 Å². The molecule has 0 bridgehead atoms. The first-order valence-corrected chi connectivity index (χ1v) is 8.66. The minimum Gasteiger partial charge on any atom is -0.379 e. The summed E-state index contributed by atoms with van der Waals surface area (Å²) in [4.78, 5) is 37.7. The zero-order valence-corrected chi connectivity index (χ0v) is 15.1. The molecule has 0 radical (unpaired) electrons. The predicted molar refractivity (Wildman–Crippen MR) is 99.2 cm³/mol. The van der Waals surface area contributed by atoms with E-state index in [4.69, 9.17) is 4.74 Å². The molecule has 0 aliphatic carbocycles. The minimum atomic E-state index is -1.24. The van der Waals surface area contributed by atoms with Gasteiger partial charge in [0.2, 0.25) is 0 Å². The highest BCUT2D eigenvalue weighted by Crippen LogP contribution is 2.13. The van der Waals surface area contributed by atoms with E-state index in [0.717, 1.165) is 4.57 Å². The van der Waals surface area contributed by atoms with Crippen molar-refractivity contribution in [2.75, 3.05) is 13.2 Å². The Morgan fingerprint density at radius 2 is 1.77 bits per heavy atom. The van der Waals surface area contributed by atoms with Crippen LogP contribution in [0.15, 0.2) is 59.5 Å². The number of ketones is 1. The highest BCUT2D eigenvalue weighted by atomic mass is 16.5. The molecule has 6 nitrogen and oxygen atoms in total. The van der Waals surface area contributed by atoms with Gasteiger partial charge in [-0.1, -0.05) is 36.4 Å². The van der Waals surface area contributed by atoms with Crippen LogP contribution in [0.1, 0.15) is 36.7 Å². The summed E-state index contributed by atoms with van der Waals surface area (Å²) >= 11 is 0. The summed E-state index contributed by atoms with van der Waals surface area (Å²) in [6.45, 7) is 4.76. The molecule has 0 aliphatic rings. The van der Waals surface area contributed by atoms with Crippen LogP contribution in [-0.2, 0) is 9.53 Å². The second kappa shape index (κ2) is 9.68. The van der Waals surface area contributed by atoms with Gasteiger partial charge in [0.25, 0.3) is 11.5 Å². The number of amides is 1. The molecule has 0 fully saturated rings. The van der Waals surface area contributed by atoms with Crippen LogP contribution in [0.4, 0.5) is 0 Å². The summed E-state index contributed by atoms with van der Waals surface area (Å²) < 4.78 is 6.59. The molecular weight excluding hydrogens is 332 g/mol. The molecule has 0 unspecified atom stereocenters. The van der Waals surface area contributed by atoms with Crippen molar-refractivity contribution >= 4 is 11.7 Å².